The van der Waals surface area contributed by atoms with Crippen LogP contribution in [0.15, 0.2) is 51.7 Å². The van der Waals surface area contributed by atoms with Gasteiger partial charge in [0.15, 0.2) is 0 Å². The van der Waals surface area contributed by atoms with Crippen LogP contribution >= 0.6 is 15.9 Å². The van der Waals surface area contributed by atoms with Crippen LogP contribution in [-0.2, 0) is 11.3 Å². The number of nitrogens with zero attached hydrogens (tertiary/aromatic N) is 3. The number of halogens is 1. The number of carbonyl (C=O) groups is 1. The largest absolute Gasteiger partial charge is 0.396 e. The number of aliphatic hydroxyl groups is 1. The van der Waals surface area contributed by atoms with Crippen molar-refractivity contribution in [1.82, 2.24) is 9.55 Å². The normalized spacial score (nSPS) is 14.8. The molecule has 2 heterocycles. The molecule has 1 amide bonds. The lowest BCUT2D eigenvalue weighted by Gasteiger charge is -2.13. The highest BCUT2D eigenvalue weighted by atomic mass is 79.9. The van der Waals surface area contributed by atoms with Crippen LogP contribution in [-0.4, -0.2) is 33.7 Å². The van der Waals surface area contributed by atoms with Gasteiger partial charge in [0.2, 0.25) is 0 Å². The number of aromatic nitrogens is 2. The Hall–Kier alpha value is -2.77. The fourth-order valence-corrected chi connectivity index (χ4v) is 4.01. The number of para-hydroxylation sites is 1. The van der Waals surface area contributed by atoms with Gasteiger partial charge in [0.25, 0.3) is 11.5 Å². The molecule has 1 aliphatic heterocycles. The second-order valence-electron chi connectivity index (χ2n) is 6.79. The predicted molar refractivity (Wildman–Crippen MR) is 118 cm³/mol. The number of carbonyl (C=O) groups excluding carboxylic acids is 1. The van der Waals surface area contributed by atoms with E-state index in [1.54, 1.807) is 29.2 Å². The summed E-state index contributed by atoms with van der Waals surface area (Å²) in [4.78, 5) is 32.5. The van der Waals surface area contributed by atoms with Crippen LogP contribution in [0.5, 0.6) is 0 Å². The quantitative estimate of drug-likeness (QED) is 0.600. The van der Waals surface area contributed by atoms with Gasteiger partial charge in [-0.05, 0) is 49.8 Å². The highest BCUT2D eigenvalue weighted by Gasteiger charge is 2.31. The Labute approximate surface area is 176 Å². The van der Waals surface area contributed by atoms with Gasteiger partial charge in [0.1, 0.15) is 5.82 Å². The smallest absolute Gasteiger partial charge is 0.261 e. The number of likely N-dealkylation sites (N-methyl/N-ethyl adjacent to an activating group) is 1. The zero-order valence-corrected chi connectivity index (χ0v) is 17.5. The van der Waals surface area contributed by atoms with Crippen LogP contribution in [0.1, 0.15) is 24.7 Å². The van der Waals surface area contributed by atoms with E-state index in [0.29, 0.717) is 41.8 Å². The van der Waals surface area contributed by atoms with Gasteiger partial charge >= 0.3 is 0 Å². The van der Waals surface area contributed by atoms with Gasteiger partial charge in [0.05, 0.1) is 22.2 Å². The van der Waals surface area contributed by atoms with Crippen molar-refractivity contribution in [3.8, 4) is 0 Å². The number of benzene rings is 2. The van der Waals surface area contributed by atoms with Crippen LogP contribution in [0.25, 0.3) is 22.6 Å². The summed E-state index contributed by atoms with van der Waals surface area (Å²) in [5.74, 6) is 0.297. The average Bonchev–Trinajstić information content (AvgIpc) is 2.98. The van der Waals surface area contributed by atoms with Crippen molar-refractivity contribution in [3.63, 3.8) is 0 Å². The third kappa shape index (κ3) is 3.41. The number of aliphatic hydroxyl groups excluding tert-OH is 1. The Morgan fingerprint density at radius 3 is 2.72 bits per heavy atom. The molecule has 4 rings (SSSR count). The fraction of sp³-hybridized carbons (Fsp3) is 0.227. The van der Waals surface area contributed by atoms with Gasteiger partial charge < -0.3 is 10.0 Å². The van der Waals surface area contributed by atoms with Gasteiger partial charge in [-0.15, -0.1) is 0 Å². The minimum absolute atomic E-state index is 0.0341. The third-order valence-electron chi connectivity index (χ3n) is 5.04. The van der Waals surface area contributed by atoms with Crippen molar-refractivity contribution < 1.29 is 9.90 Å². The Morgan fingerprint density at radius 1 is 1.17 bits per heavy atom. The molecule has 6 nitrogen and oxygen atoms in total. The van der Waals surface area contributed by atoms with E-state index in [0.717, 1.165) is 15.7 Å². The van der Waals surface area contributed by atoms with Gasteiger partial charge in [-0.3, -0.25) is 14.2 Å². The lowest BCUT2D eigenvalue weighted by Crippen LogP contribution is -2.26. The molecule has 2 aromatic carbocycles. The molecule has 0 saturated heterocycles. The molecule has 7 heteroatoms. The summed E-state index contributed by atoms with van der Waals surface area (Å²) in [6.07, 6.45) is 2.11. The van der Waals surface area contributed by atoms with E-state index in [4.69, 9.17) is 0 Å². The second kappa shape index (κ2) is 7.93. The van der Waals surface area contributed by atoms with Crippen molar-refractivity contribution in [3.05, 3.63) is 68.7 Å². The Balaban J connectivity index is 1.95. The summed E-state index contributed by atoms with van der Waals surface area (Å²) in [5.41, 5.74) is 2.56. The molecule has 0 radical (unpaired) electrons. The molecule has 1 N–H and O–H groups in total. The predicted octanol–water partition coefficient (Wildman–Crippen LogP) is 3.45. The monoisotopic (exact) mass is 453 g/mol. The Kier molecular flexibility index (Phi) is 5.34. The van der Waals surface area contributed by atoms with Gasteiger partial charge in [-0.1, -0.05) is 28.1 Å². The third-order valence-corrected chi connectivity index (χ3v) is 5.53. The first-order valence-corrected chi connectivity index (χ1v) is 10.3. The molecule has 0 unspecified atom stereocenters. The van der Waals surface area contributed by atoms with Gasteiger partial charge in [0, 0.05) is 29.7 Å². The topological polar surface area (TPSA) is 75.4 Å². The fourth-order valence-electron chi connectivity index (χ4n) is 3.65. The number of fused-ring (bicyclic) bond motifs is 2. The van der Waals surface area contributed by atoms with Crippen molar-refractivity contribution >= 4 is 50.1 Å². The first-order chi connectivity index (χ1) is 14.0. The van der Waals surface area contributed by atoms with Crippen molar-refractivity contribution in [2.75, 3.05) is 18.1 Å². The SMILES string of the molecule is CCN1C(=O)C(=Cc2nc3ccccc3c(=O)n2CCCO)c2cc(Br)ccc21. The molecular weight excluding hydrogens is 434 g/mol. The molecule has 0 aliphatic carbocycles. The van der Waals surface area contributed by atoms with Gasteiger partial charge in [-0.2, -0.15) is 0 Å². The number of hydrogen-bond donors (Lipinski definition) is 1. The van der Waals surface area contributed by atoms with E-state index in [1.807, 2.05) is 31.2 Å². The minimum atomic E-state index is -0.178. The molecular formula is C22H20BrN3O3. The van der Waals surface area contributed by atoms with Gasteiger partial charge in [-0.25, -0.2) is 4.98 Å². The summed E-state index contributed by atoms with van der Waals surface area (Å²) >= 11 is 3.48. The molecule has 1 aromatic heterocycles. The number of rotatable bonds is 5. The lowest BCUT2D eigenvalue weighted by molar-refractivity contribution is -0.112. The second-order valence-corrected chi connectivity index (χ2v) is 7.71. The van der Waals surface area contributed by atoms with Crippen LogP contribution in [0, 0.1) is 0 Å². The minimum Gasteiger partial charge on any atom is -0.396 e. The van der Waals surface area contributed by atoms with E-state index < -0.39 is 0 Å². The maximum atomic E-state index is 13.1. The van der Waals surface area contributed by atoms with Crippen LogP contribution in [0.2, 0.25) is 0 Å². The first-order valence-electron chi connectivity index (χ1n) is 9.49. The van der Waals surface area contributed by atoms with E-state index in [9.17, 15) is 14.7 Å². The molecule has 0 spiro atoms. The van der Waals surface area contributed by atoms with E-state index in [-0.39, 0.29) is 18.1 Å². The summed E-state index contributed by atoms with van der Waals surface area (Å²) in [6.45, 7) is 2.77. The zero-order valence-electron chi connectivity index (χ0n) is 15.9. The van der Waals surface area contributed by atoms with Crippen molar-refractivity contribution in [2.45, 2.75) is 19.9 Å². The number of anilines is 1. The number of hydrogen-bond acceptors (Lipinski definition) is 4. The Bertz CT molecular complexity index is 1200. The summed E-state index contributed by atoms with van der Waals surface area (Å²) in [6, 6.07) is 12.9. The molecule has 0 bridgehead atoms. The van der Waals surface area contributed by atoms with Crippen molar-refractivity contribution in [2.24, 2.45) is 0 Å². The summed E-state index contributed by atoms with van der Waals surface area (Å²) < 4.78 is 2.41. The standard InChI is InChI=1S/C22H20BrN3O3/c1-2-25-19-9-8-14(23)12-16(19)17(22(25)29)13-20-24-18-7-4-3-6-15(18)21(28)26(20)10-5-11-27/h3-4,6-9,12-13,27H,2,5,10-11H2,1H3. The molecule has 3 aromatic rings. The van der Waals surface area contributed by atoms with Crippen molar-refractivity contribution in [1.29, 1.82) is 0 Å². The lowest BCUT2D eigenvalue weighted by atomic mass is 10.1. The molecule has 0 saturated carbocycles. The summed E-state index contributed by atoms with van der Waals surface area (Å²) in [5, 5.41) is 9.78. The van der Waals surface area contributed by atoms with Crippen LogP contribution in [0.3, 0.4) is 0 Å². The zero-order chi connectivity index (χ0) is 20.5. The van der Waals surface area contributed by atoms with Crippen LogP contribution in [0.4, 0.5) is 5.69 Å². The number of amides is 1. The summed E-state index contributed by atoms with van der Waals surface area (Å²) in [7, 11) is 0. The highest BCUT2D eigenvalue weighted by molar-refractivity contribution is 9.10. The maximum absolute atomic E-state index is 13.1. The highest BCUT2D eigenvalue weighted by Crippen LogP contribution is 2.39. The molecule has 29 heavy (non-hydrogen) atoms. The average molecular weight is 454 g/mol. The van der Waals surface area contributed by atoms with Crippen LogP contribution < -0.4 is 10.5 Å². The van der Waals surface area contributed by atoms with E-state index >= 15 is 0 Å². The first kappa shape index (κ1) is 19.5. The molecule has 1 aliphatic rings. The van der Waals surface area contributed by atoms with E-state index in [2.05, 4.69) is 20.9 Å². The molecule has 148 valence electrons. The Morgan fingerprint density at radius 2 is 1.97 bits per heavy atom. The van der Waals surface area contributed by atoms with E-state index in [1.165, 1.54) is 4.57 Å². The molecule has 0 fully saturated rings. The molecule has 0 atom stereocenters. The maximum Gasteiger partial charge on any atom is 0.261 e.